The zero-order valence-corrected chi connectivity index (χ0v) is 34.8. The number of nitrogen functional groups attached to an aromatic ring is 1. The quantitative estimate of drug-likeness (QED) is 0.108. The van der Waals surface area contributed by atoms with Crippen LogP contribution in [0.3, 0.4) is 0 Å². The molecule has 1 rings (SSSR count). The molecule has 0 aliphatic carbocycles. The van der Waals surface area contributed by atoms with E-state index in [-0.39, 0.29) is 17.6 Å². The number of nitrogens with zero attached hydrogens (tertiary/aromatic N) is 4. The van der Waals surface area contributed by atoms with Crippen LogP contribution < -0.4 is 16.0 Å². The number of nitrogens with two attached hydrogens (primary N) is 1. The Morgan fingerprint density at radius 1 is 0.500 bits per heavy atom. The third-order valence-corrected chi connectivity index (χ3v) is 18.0. The van der Waals surface area contributed by atoms with Gasteiger partial charge in [-0.25, -0.2) is 0 Å². The van der Waals surface area contributed by atoms with Crippen LogP contribution in [-0.2, 0) is 39.8 Å². The first kappa shape index (κ1) is 44.7. The molecule has 0 bridgehead atoms. The van der Waals surface area contributed by atoms with Crippen LogP contribution in [0.15, 0.2) is 0 Å². The molecular weight excluding hydrogens is 673 g/mol. The molecule has 0 aromatic carbocycles. The minimum absolute atomic E-state index is 0.0246. The molecule has 3 N–H and O–H groups in total. The summed E-state index contributed by atoms with van der Waals surface area (Å²) in [4.78, 5) is 16.3. The highest BCUT2D eigenvalue weighted by molar-refractivity contribution is 6.66. The molecule has 1 aromatic rings. The summed E-state index contributed by atoms with van der Waals surface area (Å²) < 4.78 is 57.7. The normalized spacial score (nSPS) is 14.6. The van der Waals surface area contributed by atoms with Crippen molar-refractivity contribution in [2.45, 2.75) is 119 Å². The van der Waals surface area contributed by atoms with E-state index >= 15 is 0 Å². The third kappa shape index (κ3) is 11.4. The van der Waals surface area contributed by atoms with E-state index in [0.29, 0.717) is 84.7 Å². The third-order valence-electron chi connectivity index (χ3n) is 7.38. The fourth-order valence-electron chi connectivity index (χ4n) is 5.95. The standard InChI is InChI=1S/C30H66N6O9Si3/c1-13-25(46(37-16-4,38-17-5)39-18-6)32-29-33-28(31)34-30(35-29)36(26(14-2)47(40-19-7,41-20-8)42-21-9)27(15-3)48(43-22-10,44-23-11)45-24-12/h25-27H,13-24H2,1-12H3,(H3,31,32,33,34,35). The molecule has 0 aliphatic rings. The summed E-state index contributed by atoms with van der Waals surface area (Å²) >= 11 is 0. The molecule has 0 amide bonds. The Balaban J connectivity index is 4.18. The topological polar surface area (TPSA) is 163 Å². The van der Waals surface area contributed by atoms with E-state index in [4.69, 9.17) is 55.5 Å². The maximum atomic E-state index is 6.50. The van der Waals surface area contributed by atoms with Crippen molar-refractivity contribution < 1.29 is 39.8 Å². The van der Waals surface area contributed by atoms with Crippen molar-refractivity contribution in [2.24, 2.45) is 0 Å². The van der Waals surface area contributed by atoms with Crippen molar-refractivity contribution in [2.75, 3.05) is 75.4 Å². The van der Waals surface area contributed by atoms with Gasteiger partial charge >= 0.3 is 26.4 Å². The Bertz CT molecular complexity index is 924. The van der Waals surface area contributed by atoms with E-state index in [1.165, 1.54) is 0 Å². The second-order valence-electron chi connectivity index (χ2n) is 10.4. The largest absolute Gasteiger partial charge is 0.524 e. The van der Waals surface area contributed by atoms with Crippen molar-refractivity contribution in [1.29, 1.82) is 0 Å². The molecule has 282 valence electrons. The molecule has 1 heterocycles. The predicted octanol–water partition coefficient (Wildman–Crippen LogP) is 4.77. The van der Waals surface area contributed by atoms with Crippen molar-refractivity contribution in [3.05, 3.63) is 0 Å². The molecule has 48 heavy (non-hydrogen) atoms. The van der Waals surface area contributed by atoms with Crippen LogP contribution in [0.2, 0.25) is 0 Å². The fraction of sp³-hybridized carbons (Fsp3) is 0.900. The number of nitrogens with one attached hydrogen (secondary N) is 1. The van der Waals surface area contributed by atoms with Crippen molar-refractivity contribution >= 4 is 44.3 Å². The number of rotatable bonds is 29. The van der Waals surface area contributed by atoms with E-state index in [0.717, 1.165) is 0 Å². The fourth-order valence-corrected chi connectivity index (χ4v) is 15.3. The highest BCUT2D eigenvalue weighted by Crippen LogP contribution is 2.34. The van der Waals surface area contributed by atoms with Gasteiger partial charge in [-0.3, -0.25) is 0 Å². The van der Waals surface area contributed by atoms with E-state index < -0.39 is 37.7 Å². The smallest absolute Gasteiger partial charge is 0.373 e. The first-order chi connectivity index (χ1) is 23.1. The van der Waals surface area contributed by atoms with E-state index in [1.807, 2.05) is 69.2 Å². The lowest BCUT2D eigenvalue weighted by atomic mass is 10.3. The minimum atomic E-state index is -3.47. The minimum Gasteiger partial charge on any atom is -0.373 e. The van der Waals surface area contributed by atoms with Crippen LogP contribution in [0, 0.1) is 0 Å². The molecule has 1 aromatic heterocycles. The molecule has 18 heteroatoms. The number of aromatic nitrogens is 3. The lowest BCUT2D eigenvalue weighted by Crippen LogP contribution is -2.71. The van der Waals surface area contributed by atoms with Gasteiger partial charge in [0.05, 0.1) is 5.67 Å². The Morgan fingerprint density at radius 2 is 0.833 bits per heavy atom. The maximum absolute atomic E-state index is 6.50. The summed E-state index contributed by atoms with van der Waals surface area (Å²) in [5, 5.41) is 3.46. The molecule has 0 spiro atoms. The number of anilines is 3. The van der Waals surface area contributed by atoms with Crippen LogP contribution in [0.1, 0.15) is 102 Å². The lowest BCUT2D eigenvalue weighted by molar-refractivity contribution is 0.0501. The summed E-state index contributed by atoms with van der Waals surface area (Å²) in [6, 6.07) is 0. The number of hydrogen-bond acceptors (Lipinski definition) is 15. The molecular formula is C30H66N6O9Si3. The van der Waals surface area contributed by atoms with Crippen molar-refractivity contribution in [3.63, 3.8) is 0 Å². The molecule has 0 fully saturated rings. The Kier molecular flexibility index (Phi) is 21.6. The summed E-state index contributed by atoms with van der Waals surface area (Å²) in [6.45, 7) is 27.2. The molecule has 0 aliphatic heterocycles. The molecule has 0 saturated carbocycles. The van der Waals surface area contributed by atoms with Crippen molar-refractivity contribution in [3.8, 4) is 0 Å². The highest BCUT2D eigenvalue weighted by Gasteiger charge is 2.60. The van der Waals surface area contributed by atoms with E-state index in [9.17, 15) is 0 Å². The second kappa shape index (κ2) is 23.2. The predicted molar refractivity (Wildman–Crippen MR) is 194 cm³/mol. The SMILES string of the molecule is CCO[Si](OCC)(OCC)C(CC)Nc1nc(N)nc(N(C(CC)[Si](OCC)(OCC)OCC)C(CC)[Si](OCC)(OCC)OCC)n1. The Labute approximate surface area is 293 Å². The summed E-state index contributed by atoms with van der Waals surface area (Å²) in [5.74, 6) is 0.571. The first-order valence-electron chi connectivity index (χ1n) is 17.9. The molecule has 3 unspecified atom stereocenters. The van der Waals surface area contributed by atoms with E-state index in [2.05, 4.69) is 29.0 Å². The van der Waals surface area contributed by atoms with Crippen LogP contribution in [-0.4, -0.2) is 118 Å². The van der Waals surface area contributed by atoms with Gasteiger partial charge in [-0.1, -0.05) is 20.8 Å². The summed E-state index contributed by atoms with van der Waals surface area (Å²) in [7, 11) is -10.2. The van der Waals surface area contributed by atoms with Crippen LogP contribution >= 0.6 is 0 Å². The molecule has 3 atom stereocenters. The van der Waals surface area contributed by atoms with E-state index in [1.54, 1.807) is 0 Å². The lowest BCUT2D eigenvalue weighted by Gasteiger charge is -2.47. The Hall–Kier alpha value is -1.30. The van der Waals surface area contributed by atoms with Gasteiger partial charge in [0.1, 0.15) is 11.3 Å². The van der Waals surface area contributed by atoms with Crippen molar-refractivity contribution in [1.82, 2.24) is 15.0 Å². The molecule has 15 nitrogen and oxygen atoms in total. The monoisotopic (exact) mass is 738 g/mol. The van der Waals surface area contributed by atoms with Gasteiger partial charge in [0, 0.05) is 59.5 Å². The average Bonchev–Trinajstić information content (AvgIpc) is 3.04. The first-order valence-corrected chi connectivity index (χ1v) is 23.3. The zero-order valence-electron chi connectivity index (χ0n) is 31.8. The van der Waals surface area contributed by atoms with Gasteiger partial charge < -0.3 is 55.8 Å². The van der Waals surface area contributed by atoms with Crippen LogP contribution in [0.5, 0.6) is 0 Å². The molecule has 0 radical (unpaired) electrons. The van der Waals surface area contributed by atoms with Gasteiger partial charge in [0.15, 0.2) is 0 Å². The van der Waals surface area contributed by atoms with Gasteiger partial charge in [-0.05, 0) is 81.6 Å². The Morgan fingerprint density at radius 3 is 1.12 bits per heavy atom. The van der Waals surface area contributed by atoms with Gasteiger partial charge in [0.2, 0.25) is 17.8 Å². The zero-order chi connectivity index (χ0) is 36.2. The average molecular weight is 739 g/mol. The van der Waals surface area contributed by atoms with Crippen LogP contribution in [0.25, 0.3) is 0 Å². The summed E-state index contributed by atoms with van der Waals surface area (Å²) in [5.41, 5.74) is 5.19. The summed E-state index contributed by atoms with van der Waals surface area (Å²) in [6.07, 6.45) is 1.76. The highest BCUT2D eigenvalue weighted by atomic mass is 28.4. The van der Waals surface area contributed by atoms with Gasteiger partial charge in [0.25, 0.3) is 0 Å². The van der Waals surface area contributed by atoms with Gasteiger partial charge in [-0.2, -0.15) is 15.0 Å². The number of hydrogen-bond donors (Lipinski definition) is 2. The van der Waals surface area contributed by atoms with Gasteiger partial charge in [-0.15, -0.1) is 0 Å². The second-order valence-corrected chi connectivity index (χ2v) is 18.6. The molecule has 0 saturated heterocycles. The van der Waals surface area contributed by atoms with Crippen LogP contribution in [0.4, 0.5) is 17.8 Å². The maximum Gasteiger partial charge on any atom is 0.524 e.